The smallest absolute Gasteiger partial charge is 0.194 e. The van der Waals surface area contributed by atoms with E-state index >= 15 is 0 Å². The lowest BCUT2D eigenvalue weighted by Crippen LogP contribution is -2.40. The van der Waals surface area contributed by atoms with Crippen LogP contribution in [0.1, 0.15) is 24.5 Å². The molecular formula is C18H26IN5O. The summed E-state index contributed by atoms with van der Waals surface area (Å²) in [4.78, 5) is 6.91. The van der Waals surface area contributed by atoms with Crippen LogP contribution in [0, 0.1) is 0 Å². The molecule has 3 rings (SSSR count). The zero-order valence-corrected chi connectivity index (χ0v) is 16.8. The average molecular weight is 455 g/mol. The zero-order chi connectivity index (χ0) is 16.8. The fourth-order valence-electron chi connectivity index (χ4n) is 2.95. The van der Waals surface area contributed by atoms with E-state index in [0.717, 1.165) is 32.0 Å². The van der Waals surface area contributed by atoms with Crippen molar-refractivity contribution >= 4 is 29.9 Å². The Morgan fingerprint density at radius 3 is 2.76 bits per heavy atom. The minimum Gasteiger partial charge on any atom is -0.391 e. The zero-order valence-electron chi connectivity index (χ0n) is 14.5. The van der Waals surface area contributed by atoms with E-state index in [-0.39, 0.29) is 30.1 Å². The van der Waals surface area contributed by atoms with Crippen molar-refractivity contribution in [3.63, 3.8) is 0 Å². The minimum absolute atomic E-state index is 0. The summed E-state index contributed by atoms with van der Waals surface area (Å²) in [6.45, 7) is 5.75. The lowest BCUT2D eigenvalue weighted by atomic mass is 10.1. The molecule has 136 valence electrons. The van der Waals surface area contributed by atoms with Crippen LogP contribution >= 0.6 is 24.0 Å². The Hall–Kier alpha value is -1.61. The van der Waals surface area contributed by atoms with Crippen LogP contribution in [0.4, 0.5) is 0 Å². The van der Waals surface area contributed by atoms with E-state index in [1.54, 1.807) is 6.20 Å². The van der Waals surface area contributed by atoms with Gasteiger partial charge in [0.15, 0.2) is 5.96 Å². The molecule has 0 aliphatic carbocycles. The molecule has 1 fully saturated rings. The van der Waals surface area contributed by atoms with Gasteiger partial charge in [-0.25, -0.2) is 4.99 Å². The Morgan fingerprint density at radius 2 is 2.12 bits per heavy atom. The summed E-state index contributed by atoms with van der Waals surface area (Å²) < 4.78 is 1.92. The summed E-state index contributed by atoms with van der Waals surface area (Å²) in [6.07, 6.45) is 4.32. The van der Waals surface area contributed by atoms with Crippen LogP contribution < -0.4 is 5.32 Å². The van der Waals surface area contributed by atoms with Gasteiger partial charge in [-0.05, 0) is 30.5 Å². The number of hydrogen-bond acceptors (Lipinski definition) is 3. The maximum Gasteiger partial charge on any atom is 0.194 e. The Kier molecular flexibility index (Phi) is 7.70. The van der Waals surface area contributed by atoms with E-state index in [2.05, 4.69) is 34.4 Å². The van der Waals surface area contributed by atoms with Gasteiger partial charge < -0.3 is 15.3 Å². The molecule has 0 radical (unpaired) electrons. The topological polar surface area (TPSA) is 65.7 Å². The third-order valence-electron chi connectivity index (χ3n) is 4.21. The molecule has 2 N–H and O–H groups in total. The molecule has 2 aromatic rings. The van der Waals surface area contributed by atoms with Gasteiger partial charge in [-0.2, -0.15) is 5.10 Å². The van der Waals surface area contributed by atoms with Gasteiger partial charge in [-0.3, -0.25) is 4.68 Å². The predicted octanol–water partition coefficient (Wildman–Crippen LogP) is 2.08. The fourth-order valence-corrected chi connectivity index (χ4v) is 2.95. The summed E-state index contributed by atoms with van der Waals surface area (Å²) in [7, 11) is 0. The number of nitrogens with zero attached hydrogens (tertiary/aromatic N) is 4. The Bertz CT molecular complexity index is 674. The summed E-state index contributed by atoms with van der Waals surface area (Å²) in [5.41, 5.74) is 2.42. The second-order valence-corrected chi connectivity index (χ2v) is 6.03. The van der Waals surface area contributed by atoms with E-state index < -0.39 is 0 Å². The molecule has 7 heteroatoms. The molecule has 0 spiro atoms. The molecule has 1 aromatic heterocycles. The third-order valence-corrected chi connectivity index (χ3v) is 4.21. The normalized spacial score (nSPS) is 17.4. The third kappa shape index (κ3) is 5.43. The summed E-state index contributed by atoms with van der Waals surface area (Å²) >= 11 is 0. The van der Waals surface area contributed by atoms with Crippen LogP contribution in [0.3, 0.4) is 0 Å². The van der Waals surface area contributed by atoms with E-state index in [1.165, 1.54) is 11.1 Å². The number of aliphatic hydroxyl groups is 1. The average Bonchev–Trinajstić information content (AvgIpc) is 3.24. The summed E-state index contributed by atoms with van der Waals surface area (Å²) in [6, 6.07) is 10.3. The number of likely N-dealkylation sites (tertiary alicyclic amines) is 1. The fraction of sp³-hybridized carbons (Fsp3) is 0.444. The number of nitrogens with one attached hydrogen (secondary N) is 1. The molecule has 0 unspecified atom stereocenters. The number of rotatable bonds is 5. The number of aliphatic hydroxyl groups excluding tert-OH is 1. The van der Waals surface area contributed by atoms with Crippen LogP contribution in [0.5, 0.6) is 0 Å². The second-order valence-electron chi connectivity index (χ2n) is 6.03. The number of aliphatic imine (C=N–C) groups is 1. The molecule has 0 amide bonds. The second kappa shape index (κ2) is 9.76. The Morgan fingerprint density at radius 1 is 1.32 bits per heavy atom. The number of hydrogen-bond donors (Lipinski definition) is 2. The molecule has 1 aliphatic heterocycles. The highest BCUT2D eigenvalue weighted by Crippen LogP contribution is 2.13. The van der Waals surface area contributed by atoms with Gasteiger partial charge in [0.05, 0.1) is 19.2 Å². The van der Waals surface area contributed by atoms with Crippen molar-refractivity contribution in [2.45, 2.75) is 32.5 Å². The maximum atomic E-state index is 9.76. The first-order valence-corrected chi connectivity index (χ1v) is 8.52. The van der Waals surface area contributed by atoms with Crippen molar-refractivity contribution in [2.24, 2.45) is 4.99 Å². The van der Waals surface area contributed by atoms with Gasteiger partial charge in [0.25, 0.3) is 0 Å². The van der Waals surface area contributed by atoms with Gasteiger partial charge in [-0.15, -0.1) is 24.0 Å². The van der Waals surface area contributed by atoms with Crippen molar-refractivity contribution in [1.82, 2.24) is 20.0 Å². The van der Waals surface area contributed by atoms with Gasteiger partial charge in [0.1, 0.15) is 0 Å². The van der Waals surface area contributed by atoms with Crippen LogP contribution in [-0.4, -0.2) is 51.5 Å². The number of aromatic nitrogens is 2. The van der Waals surface area contributed by atoms with E-state index in [9.17, 15) is 5.11 Å². The molecular weight excluding hydrogens is 429 g/mol. The first-order valence-electron chi connectivity index (χ1n) is 8.52. The highest BCUT2D eigenvalue weighted by Gasteiger charge is 2.22. The Balaban J connectivity index is 0.00000225. The SMILES string of the molecule is CCNC(=NCc1ccccc1Cn1cccn1)N1CC[C@@H](O)C1.I. The first-order chi connectivity index (χ1) is 11.8. The van der Waals surface area contributed by atoms with Gasteiger partial charge in [-0.1, -0.05) is 24.3 Å². The molecule has 1 aliphatic rings. The summed E-state index contributed by atoms with van der Waals surface area (Å²) in [5, 5.41) is 17.4. The molecule has 2 heterocycles. The minimum atomic E-state index is -0.249. The molecule has 25 heavy (non-hydrogen) atoms. The summed E-state index contributed by atoms with van der Waals surface area (Å²) in [5.74, 6) is 0.878. The van der Waals surface area contributed by atoms with Gasteiger partial charge in [0, 0.05) is 32.0 Å². The first kappa shape index (κ1) is 19.7. The monoisotopic (exact) mass is 455 g/mol. The van der Waals surface area contributed by atoms with E-state index in [1.807, 2.05) is 29.1 Å². The number of benzene rings is 1. The lowest BCUT2D eigenvalue weighted by Gasteiger charge is -2.21. The van der Waals surface area contributed by atoms with Crippen molar-refractivity contribution in [3.05, 3.63) is 53.9 Å². The molecule has 1 atom stereocenters. The maximum absolute atomic E-state index is 9.76. The van der Waals surface area contributed by atoms with Crippen LogP contribution in [0.2, 0.25) is 0 Å². The van der Waals surface area contributed by atoms with Crippen LogP contribution in [0.15, 0.2) is 47.7 Å². The molecule has 6 nitrogen and oxygen atoms in total. The van der Waals surface area contributed by atoms with Crippen LogP contribution in [-0.2, 0) is 13.1 Å². The molecule has 1 saturated heterocycles. The molecule has 1 aromatic carbocycles. The molecule has 0 bridgehead atoms. The standard InChI is InChI=1S/C18H25N5O.HI/c1-2-19-18(22-11-8-17(24)14-22)20-12-15-6-3-4-7-16(15)13-23-10-5-9-21-23;/h3-7,9-10,17,24H,2,8,11-14H2,1H3,(H,19,20);1H/t17-;/m1./s1. The van der Waals surface area contributed by atoms with Crippen molar-refractivity contribution in [3.8, 4) is 0 Å². The number of halogens is 1. The van der Waals surface area contributed by atoms with E-state index in [4.69, 9.17) is 4.99 Å². The van der Waals surface area contributed by atoms with Crippen molar-refractivity contribution in [1.29, 1.82) is 0 Å². The van der Waals surface area contributed by atoms with Crippen LogP contribution in [0.25, 0.3) is 0 Å². The highest BCUT2D eigenvalue weighted by atomic mass is 127. The van der Waals surface area contributed by atoms with Crippen molar-refractivity contribution in [2.75, 3.05) is 19.6 Å². The highest BCUT2D eigenvalue weighted by molar-refractivity contribution is 14.0. The molecule has 0 saturated carbocycles. The van der Waals surface area contributed by atoms with E-state index in [0.29, 0.717) is 13.1 Å². The predicted molar refractivity (Wildman–Crippen MR) is 110 cm³/mol. The Labute approximate surface area is 166 Å². The number of guanidine groups is 1. The van der Waals surface area contributed by atoms with Crippen molar-refractivity contribution < 1.29 is 5.11 Å². The number of β-amino-alcohol motifs (C(OH)–C–C–N with tert-alkyl or cyclic N) is 1. The lowest BCUT2D eigenvalue weighted by molar-refractivity contribution is 0.188. The quantitative estimate of drug-likeness (QED) is 0.412. The largest absolute Gasteiger partial charge is 0.391 e. The van der Waals surface area contributed by atoms with Gasteiger partial charge >= 0.3 is 0 Å². The van der Waals surface area contributed by atoms with Gasteiger partial charge in [0.2, 0.25) is 0 Å².